The van der Waals surface area contributed by atoms with Gasteiger partial charge in [-0.05, 0) is 19.3 Å². The van der Waals surface area contributed by atoms with Crippen LogP contribution in [0.15, 0.2) is 11.6 Å². The minimum absolute atomic E-state index is 0.0628. The molecule has 110 valence electrons. The molecule has 1 unspecified atom stereocenters. The van der Waals surface area contributed by atoms with Crippen molar-refractivity contribution in [1.29, 1.82) is 0 Å². The molecule has 2 rings (SSSR count). The summed E-state index contributed by atoms with van der Waals surface area (Å²) >= 11 is 1.50. The zero-order valence-electron chi connectivity index (χ0n) is 12.6. The maximum Gasteiger partial charge on any atom is 0.248 e. The molecule has 0 saturated carbocycles. The maximum absolute atomic E-state index is 12.7. The molecule has 6 heteroatoms. The van der Waals surface area contributed by atoms with Gasteiger partial charge in [-0.1, -0.05) is 20.8 Å². The van der Waals surface area contributed by atoms with Crippen molar-refractivity contribution in [2.24, 2.45) is 5.41 Å². The van der Waals surface area contributed by atoms with E-state index in [9.17, 15) is 9.59 Å². The Hall–Kier alpha value is -1.43. The predicted octanol–water partition coefficient (Wildman–Crippen LogP) is 1.79. The third-order valence-electron chi connectivity index (χ3n) is 3.40. The zero-order valence-corrected chi connectivity index (χ0v) is 13.4. The van der Waals surface area contributed by atoms with Crippen molar-refractivity contribution in [2.45, 2.75) is 52.7 Å². The molecule has 1 aromatic heterocycles. The monoisotopic (exact) mass is 295 g/mol. The van der Waals surface area contributed by atoms with Gasteiger partial charge >= 0.3 is 0 Å². The van der Waals surface area contributed by atoms with E-state index in [1.807, 2.05) is 26.2 Å². The summed E-state index contributed by atoms with van der Waals surface area (Å²) in [4.78, 5) is 31.0. The fourth-order valence-electron chi connectivity index (χ4n) is 2.55. The smallest absolute Gasteiger partial charge is 0.248 e. The highest BCUT2D eigenvalue weighted by Gasteiger charge is 2.49. The lowest BCUT2D eigenvalue weighted by Gasteiger charge is -2.47. The molecule has 1 saturated heterocycles. The standard InChI is InChI=1S/C14H21N3O2S/c1-13(2,3)10-11(18)16-14(4,5)12(19)17(10)8-9-15-6-7-20-9/h6-7,10H,8H2,1-5H3,(H,16,18). The summed E-state index contributed by atoms with van der Waals surface area (Å²) in [6.07, 6.45) is 1.71. The highest BCUT2D eigenvalue weighted by molar-refractivity contribution is 7.09. The largest absolute Gasteiger partial charge is 0.340 e. The minimum Gasteiger partial charge on any atom is -0.340 e. The van der Waals surface area contributed by atoms with Crippen LogP contribution in [0.3, 0.4) is 0 Å². The van der Waals surface area contributed by atoms with Crippen molar-refractivity contribution in [1.82, 2.24) is 15.2 Å². The summed E-state index contributed by atoms with van der Waals surface area (Å²) in [5, 5.41) is 5.55. The summed E-state index contributed by atoms with van der Waals surface area (Å²) in [5.74, 6) is -0.161. The maximum atomic E-state index is 12.7. The number of carbonyl (C=O) groups is 2. The topological polar surface area (TPSA) is 62.3 Å². The molecule has 5 nitrogen and oxygen atoms in total. The van der Waals surface area contributed by atoms with Crippen LogP contribution in [0, 0.1) is 5.41 Å². The Morgan fingerprint density at radius 1 is 1.40 bits per heavy atom. The van der Waals surface area contributed by atoms with Gasteiger partial charge in [0.25, 0.3) is 0 Å². The van der Waals surface area contributed by atoms with Crippen LogP contribution in [0.25, 0.3) is 0 Å². The van der Waals surface area contributed by atoms with Crippen molar-refractivity contribution in [2.75, 3.05) is 0 Å². The number of nitrogens with one attached hydrogen (secondary N) is 1. The number of rotatable bonds is 2. The Morgan fingerprint density at radius 2 is 2.05 bits per heavy atom. The van der Waals surface area contributed by atoms with Crippen LogP contribution in [0.2, 0.25) is 0 Å². The van der Waals surface area contributed by atoms with Crippen LogP contribution in [0.4, 0.5) is 0 Å². The third-order valence-corrected chi connectivity index (χ3v) is 4.17. The van der Waals surface area contributed by atoms with E-state index in [1.54, 1.807) is 24.9 Å². The Bertz CT molecular complexity index is 517. The molecular weight excluding hydrogens is 274 g/mol. The highest BCUT2D eigenvalue weighted by Crippen LogP contribution is 2.31. The van der Waals surface area contributed by atoms with Gasteiger partial charge in [0.1, 0.15) is 16.6 Å². The quantitative estimate of drug-likeness (QED) is 0.905. The summed E-state index contributed by atoms with van der Waals surface area (Å²) in [7, 11) is 0. The van der Waals surface area contributed by atoms with Crippen molar-refractivity contribution in [3.05, 3.63) is 16.6 Å². The fourth-order valence-corrected chi connectivity index (χ4v) is 3.16. The predicted molar refractivity (Wildman–Crippen MR) is 78.1 cm³/mol. The average molecular weight is 295 g/mol. The molecule has 0 aliphatic carbocycles. The van der Waals surface area contributed by atoms with Gasteiger partial charge in [0.05, 0.1) is 6.54 Å². The Balaban J connectivity index is 2.38. The van der Waals surface area contributed by atoms with Crippen LogP contribution in [0.5, 0.6) is 0 Å². The van der Waals surface area contributed by atoms with E-state index in [-0.39, 0.29) is 17.2 Å². The van der Waals surface area contributed by atoms with Gasteiger partial charge < -0.3 is 10.2 Å². The van der Waals surface area contributed by atoms with E-state index >= 15 is 0 Å². The molecule has 2 amide bonds. The molecule has 2 heterocycles. The second-order valence-electron chi connectivity index (χ2n) is 6.74. The van der Waals surface area contributed by atoms with E-state index < -0.39 is 11.6 Å². The van der Waals surface area contributed by atoms with Gasteiger partial charge in [0.2, 0.25) is 11.8 Å². The number of carbonyl (C=O) groups excluding carboxylic acids is 2. The molecule has 0 bridgehead atoms. The third kappa shape index (κ3) is 2.70. The summed E-state index contributed by atoms with van der Waals surface area (Å²) in [5.41, 5.74) is -1.19. The molecular formula is C14H21N3O2S. The van der Waals surface area contributed by atoms with Gasteiger partial charge in [-0.25, -0.2) is 4.98 Å². The van der Waals surface area contributed by atoms with E-state index in [4.69, 9.17) is 0 Å². The molecule has 1 aromatic rings. The fraction of sp³-hybridized carbons (Fsp3) is 0.643. The van der Waals surface area contributed by atoms with Crippen LogP contribution in [-0.4, -0.2) is 33.3 Å². The van der Waals surface area contributed by atoms with Crippen LogP contribution >= 0.6 is 11.3 Å². The second-order valence-corrected chi connectivity index (χ2v) is 7.72. The minimum atomic E-state index is -0.865. The first-order chi connectivity index (χ1) is 9.13. The van der Waals surface area contributed by atoms with Crippen LogP contribution in [0.1, 0.15) is 39.6 Å². The first-order valence-corrected chi connectivity index (χ1v) is 7.52. The number of amides is 2. The first kappa shape index (κ1) is 15.0. The number of hydrogen-bond donors (Lipinski definition) is 1. The lowest BCUT2D eigenvalue weighted by atomic mass is 9.81. The van der Waals surface area contributed by atoms with Gasteiger partial charge in [-0.3, -0.25) is 9.59 Å². The number of nitrogens with zero attached hydrogens (tertiary/aromatic N) is 2. The van der Waals surface area contributed by atoms with E-state index in [2.05, 4.69) is 10.3 Å². The number of aromatic nitrogens is 1. The number of thiazole rings is 1. The van der Waals surface area contributed by atoms with Gasteiger partial charge in [0, 0.05) is 11.6 Å². The molecule has 20 heavy (non-hydrogen) atoms. The van der Waals surface area contributed by atoms with Gasteiger partial charge in [0.15, 0.2) is 0 Å². The van der Waals surface area contributed by atoms with Crippen molar-refractivity contribution in [3.63, 3.8) is 0 Å². The van der Waals surface area contributed by atoms with Gasteiger partial charge in [-0.15, -0.1) is 11.3 Å². The lowest BCUT2D eigenvalue weighted by molar-refractivity contribution is -0.158. The summed E-state index contributed by atoms with van der Waals surface area (Å²) in [6, 6.07) is -0.480. The summed E-state index contributed by atoms with van der Waals surface area (Å²) in [6.45, 7) is 9.77. The molecule has 1 fully saturated rings. The average Bonchev–Trinajstić information content (AvgIpc) is 2.75. The van der Waals surface area contributed by atoms with Crippen LogP contribution < -0.4 is 5.32 Å². The molecule has 1 aliphatic heterocycles. The van der Waals surface area contributed by atoms with E-state index in [1.165, 1.54) is 11.3 Å². The molecule has 1 atom stereocenters. The molecule has 1 N–H and O–H groups in total. The van der Waals surface area contributed by atoms with Gasteiger partial charge in [-0.2, -0.15) is 0 Å². The van der Waals surface area contributed by atoms with Crippen molar-refractivity contribution in [3.8, 4) is 0 Å². The summed E-state index contributed by atoms with van der Waals surface area (Å²) < 4.78 is 0. The van der Waals surface area contributed by atoms with Crippen LogP contribution in [-0.2, 0) is 16.1 Å². The molecule has 0 radical (unpaired) electrons. The van der Waals surface area contributed by atoms with Crippen molar-refractivity contribution < 1.29 is 9.59 Å². The number of hydrogen-bond acceptors (Lipinski definition) is 4. The van der Waals surface area contributed by atoms with E-state index in [0.29, 0.717) is 6.54 Å². The molecule has 1 aliphatic rings. The van der Waals surface area contributed by atoms with E-state index in [0.717, 1.165) is 5.01 Å². The normalized spacial score (nSPS) is 22.9. The van der Waals surface area contributed by atoms with Crippen molar-refractivity contribution >= 4 is 23.2 Å². The number of piperazine rings is 1. The Morgan fingerprint density at radius 3 is 2.55 bits per heavy atom. The molecule has 0 aromatic carbocycles. The molecule has 0 spiro atoms. The Kier molecular flexibility index (Phi) is 3.62. The SMILES string of the molecule is CC1(C)NC(=O)C(C(C)(C)C)N(Cc2nccs2)C1=O. The zero-order chi connectivity index (χ0) is 15.1. The first-order valence-electron chi connectivity index (χ1n) is 6.64. The lowest BCUT2D eigenvalue weighted by Crippen LogP contribution is -2.70. The highest BCUT2D eigenvalue weighted by atomic mass is 32.1. The second kappa shape index (κ2) is 4.84. The Labute approximate surface area is 123 Å².